The third-order valence-electron chi connectivity index (χ3n) is 2.59. The molecule has 0 saturated heterocycles. The van der Waals surface area contributed by atoms with E-state index in [1.807, 2.05) is 43.3 Å². The highest BCUT2D eigenvalue weighted by Crippen LogP contribution is 2.19. The van der Waals surface area contributed by atoms with Crippen LogP contribution in [0.3, 0.4) is 0 Å². The minimum absolute atomic E-state index is 0.579. The van der Waals surface area contributed by atoms with Crippen LogP contribution in [-0.2, 0) is 0 Å². The predicted octanol–water partition coefficient (Wildman–Crippen LogP) is 2.80. The molecule has 19 heavy (non-hydrogen) atoms. The number of benzene rings is 1. The van der Waals surface area contributed by atoms with Gasteiger partial charge in [-0.05, 0) is 39.7 Å². The fourth-order valence-electron chi connectivity index (χ4n) is 1.68. The zero-order chi connectivity index (χ0) is 13.2. The SMILES string of the molecule is Cc1cnc(-n2nnc(-c3ccccc3)n2)c(Br)c1. The van der Waals surface area contributed by atoms with Gasteiger partial charge in [-0.25, -0.2) is 4.98 Å². The van der Waals surface area contributed by atoms with Gasteiger partial charge in [-0.2, -0.15) is 0 Å². The quantitative estimate of drug-likeness (QED) is 0.729. The molecule has 0 aliphatic carbocycles. The Balaban J connectivity index is 2.02. The van der Waals surface area contributed by atoms with Crippen LogP contribution in [0.5, 0.6) is 0 Å². The van der Waals surface area contributed by atoms with E-state index >= 15 is 0 Å². The first-order chi connectivity index (χ1) is 9.24. The molecule has 2 aromatic heterocycles. The van der Waals surface area contributed by atoms with E-state index in [0.29, 0.717) is 11.6 Å². The number of hydrogen-bond donors (Lipinski definition) is 0. The molecule has 0 aliphatic heterocycles. The number of nitrogens with zero attached hydrogens (tertiary/aromatic N) is 5. The molecule has 5 nitrogen and oxygen atoms in total. The number of aromatic nitrogens is 5. The average molecular weight is 316 g/mol. The van der Waals surface area contributed by atoms with E-state index in [0.717, 1.165) is 15.6 Å². The fourth-order valence-corrected chi connectivity index (χ4v) is 2.30. The van der Waals surface area contributed by atoms with Crippen molar-refractivity contribution in [2.24, 2.45) is 0 Å². The first kappa shape index (κ1) is 12.0. The number of hydrogen-bond acceptors (Lipinski definition) is 4. The van der Waals surface area contributed by atoms with Gasteiger partial charge in [0.2, 0.25) is 5.82 Å². The molecule has 0 aliphatic rings. The van der Waals surface area contributed by atoms with Gasteiger partial charge in [-0.1, -0.05) is 30.3 Å². The van der Waals surface area contributed by atoms with Crippen LogP contribution in [0.25, 0.3) is 17.2 Å². The standard InChI is InChI=1S/C13H10BrN5/c1-9-7-11(14)13(15-8-9)19-17-12(16-18-19)10-5-3-2-4-6-10/h2-8H,1H3. The van der Waals surface area contributed by atoms with Crippen molar-refractivity contribution >= 4 is 15.9 Å². The number of rotatable bonds is 2. The molecule has 0 bridgehead atoms. The Bertz CT molecular complexity index is 708. The van der Waals surface area contributed by atoms with Crippen molar-refractivity contribution < 1.29 is 0 Å². The molecular formula is C13H10BrN5. The number of tetrazole rings is 1. The maximum Gasteiger partial charge on any atom is 0.205 e. The lowest BCUT2D eigenvalue weighted by atomic mass is 10.2. The lowest BCUT2D eigenvalue weighted by molar-refractivity contribution is 0.697. The van der Waals surface area contributed by atoms with Crippen molar-refractivity contribution in [3.63, 3.8) is 0 Å². The number of pyridine rings is 1. The summed E-state index contributed by atoms with van der Waals surface area (Å²) in [6.07, 6.45) is 1.77. The highest BCUT2D eigenvalue weighted by atomic mass is 79.9. The summed E-state index contributed by atoms with van der Waals surface area (Å²) in [6.45, 7) is 1.98. The van der Waals surface area contributed by atoms with Gasteiger partial charge >= 0.3 is 0 Å². The molecule has 0 fully saturated rings. The van der Waals surface area contributed by atoms with Crippen molar-refractivity contribution in [1.29, 1.82) is 0 Å². The minimum Gasteiger partial charge on any atom is -0.234 e. The molecule has 0 amide bonds. The second-order valence-corrected chi connectivity index (χ2v) is 4.94. The highest BCUT2D eigenvalue weighted by molar-refractivity contribution is 9.10. The van der Waals surface area contributed by atoms with E-state index in [-0.39, 0.29) is 0 Å². The van der Waals surface area contributed by atoms with Crippen LogP contribution in [0.2, 0.25) is 0 Å². The Kier molecular flexibility index (Phi) is 3.08. The van der Waals surface area contributed by atoms with E-state index in [1.165, 1.54) is 4.80 Å². The molecule has 1 aromatic carbocycles. The molecule has 0 unspecified atom stereocenters. The van der Waals surface area contributed by atoms with Crippen LogP contribution in [0.1, 0.15) is 5.56 Å². The molecule has 3 rings (SSSR count). The van der Waals surface area contributed by atoms with Gasteiger partial charge in [0.1, 0.15) is 0 Å². The largest absolute Gasteiger partial charge is 0.234 e. The van der Waals surface area contributed by atoms with E-state index in [4.69, 9.17) is 0 Å². The second kappa shape index (κ2) is 4.89. The Labute approximate surface area is 118 Å². The van der Waals surface area contributed by atoms with Gasteiger partial charge in [0.25, 0.3) is 0 Å². The first-order valence-electron chi connectivity index (χ1n) is 5.72. The summed E-state index contributed by atoms with van der Waals surface area (Å²) in [5.41, 5.74) is 2.00. The summed E-state index contributed by atoms with van der Waals surface area (Å²) >= 11 is 3.46. The van der Waals surface area contributed by atoms with Crippen molar-refractivity contribution in [3.8, 4) is 17.2 Å². The topological polar surface area (TPSA) is 56.5 Å². The maximum absolute atomic E-state index is 4.34. The smallest absolute Gasteiger partial charge is 0.205 e. The molecule has 6 heteroatoms. The molecule has 94 valence electrons. The van der Waals surface area contributed by atoms with E-state index in [2.05, 4.69) is 36.3 Å². The van der Waals surface area contributed by atoms with Crippen LogP contribution in [0.4, 0.5) is 0 Å². The Morgan fingerprint density at radius 3 is 2.68 bits per heavy atom. The zero-order valence-corrected chi connectivity index (χ0v) is 11.7. The third kappa shape index (κ3) is 2.39. The monoisotopic (exact) mass is 315 g/mol. The Morgan fingerprint density at radius 1 is 1.16 bits per heavy atom. The fraction of sp³-hybridized carbons (Fsp3) is 0.0769. The average Bonchev–Trinajstić information content (AvgIpc) is 2.89. The molecule has 0 atom stereocenters. The van der Waals surface area contributed by atoms with Gasteiger partial charge < -0.3 is 0 Å². The van der Waals surface area contributed by atoms with Crippen LogP contribution >= 0.6 is 15.9 Å². The van der Waals surface area contributed by atoms with Gasteiger partial charge in [0.15, 0.2) is 5.82 Å². The summed E-state index contributed by atoms with van der Waals surface area (Å²) in [5.74, 6) is 1.20. The third-order valence-corrected chi connectivity index (χ3v) is 3.18. The van der Waals surface area contributed by atoms with Crippen LogP contribution in [-0.4, -0.2) is 25.2 Å². The number of aryl methyl sites for hydroxylation is 1. The molecular weight excluding hydrogens is 306 g/mol. The van der Waals surface area contributed by atoms with E-state index < -0.39 is 0 Å². The summed E-state index contributed by atoms with van der Waals surface area (Å²) < 4.78 is 0.838. The molecule has 0 N–H and O–H groups in total. The molecule has 0 spiro atoms. The normalized spacial score (nSPS) is 10.6. The minimum atomic E-state index is 0.579. The van der Waals surface area contributed by atoms with Crippen molar-refractivity contribution in [3.05, 3.63) is 52.6 Å². The molecule has 0 radical (unpaired) electrons. The van der Waals surface area contributed by atoms with Gasteiger partial charge in [0.05, 0.1) is 4.47 Å². The predicted molar refractivity (Wildman–Crippen MR) is 74.8 cm³/mol. The molecule has 0 saturated carbocycles. The van der Waals surface area contributed by atoms with Gasteiger partial charge in [-0.15, -0.1) is 15.0 Å². The summed E-state index contributed by atoms with van der Waals surface area (Å²) in [5, 5.41) is 12.4. The highest BCUT2D eigenvalue weighted by Gasteiger charge is 2.10. The van der Waals surface area contributed by atoms with E-state index in [9.17, 15) is 0 Å². The van der Waals surface area contributed by atoms with Crippen LogP contribution in [0.15, 0.2) is 47.1 Å². The summed E-state index contributed by atoms with van der Waals surface area (Å²) in [7, 11) is 0. The van der Waals surface area contributed by atoms with Crippen molar-refractivity contribution in [2.75, 3.05) is 0 Å². The molecule has 2 heterocycles. The second-order valence-electron chi connectivity index (χ2n) is 4.09. The maximum atomic E-state index is 4.34. The zero-order valence-electron chi connectivity index (χ0n) is 10.2. The lowest BCUT2D eigenvalue weighted by Gasteiger charge is -2.01. The molecule has 3 aromatic rings. The van der Waals surface area contributed by atoms with Crippen molar-refractivity contribution in [2.45, 2.75) is 6.92 Å². The summed E-state index contributed by atoms with van der Waals surface area (Å²) in [6, 6.07) is 11.7. The lowest BCUT2D eigenvalue weighted by Crippen LogP contribution is -2.03. The Morgan fingerprint density at radius 2 is 1.95 bits per heavy atom. The van der Waals surface area contributed by atoms with E-state index in [1.54, 1.807) is 6.20 Å². The first-order valence-corrected chi connectivity index (χ1v) is 6.51. The Hall–Kier alpha value is -2.08. The van der Waals surface area contributed by atoms with Gasteiger partial charge in [0, 0.05) is 11.8 Å². The summed E-state index contributed by atoms with van der Waals surface area (Å²) in [4.78, 5) is 5.73. The van der Waals surface area contributed by atoms with Gasteiger partial charge in [-0.3, -0.25) is 0 Å². The number of halogens is 1. The van der Waals surface area contributed by atoms with Crippen LogP contribution in [0, 0.1) is 6.92 Å². The van der Waals surface area contributed by atoms with Crippen LogP contribution < -0.4 is 0 Å². The van der Waals surface area contributed by atoms with Crippen molar-refractivity contribution in [1.82, 2.24) is 25.2 Å².